The molecular weight excluding hydrogens is 464 g/mol. The Morgan fingerprint density at radius 3 is 2.37 bits per heavy atom. The molecule has 35 heavy (non-hydrogen) atoms. The van der Waals surface area contributed by atoms with Gasteiger partial charge in [-0.05, 0) is 43.2 Å². The van der Waals surface area contributed by atoms with Crippen LogP contribution in [0.2, 0.25) is 5.02 Å². The number of rotatable bonds is 4. The van der Waals surface area contributed by atoms with E-state index < -0.39 is 5.91 Å². The van der Waals surface area contributed by atoms with E-state index in [2.05, 4.69) is 25.7 Å². The number of hydrazine groups is 1. The van der Waals surface area contributed by atoms with E-state index in [1.165, 1.54) is 0 Å². The number of para-hydroxylation sites is 1. The molecule has 5 rings (SSSR count). The summed E-state index contributed by atoms with van der Waals surface area (Å²) >= 11 is 6.02. The summed E-state index contributed by atoms with van der Waals surface area (Å²) in [5, 5.41) is 1.32. The molecule has 176 valence electrons. The van der Waals surface area contributed by atoms with E-state index in [4.69, 9.17) is 16.6 Å². The molecule has 0 unspecified atom stereocenters. The number of nitrogens with one attached hydrogen (secondary N) is 2. The van der Waals surface area contributed by atoms with Crippen molar-refractivity contribution in [1.29, 1.82) is 0 Å². The number of nitrogens with zero attached hydrogens (tertiary/aromatic N) is 4. The lowest BCUT2D eigenvalue weighted by Gasteiger charge is -2.31. The standard InChI is InChI=1S/C26H23ClN6O2/c27-19-8-6-17(7-9-19)23-16-21(20-4-1-2-5-22(20)30-23)25(35)32-31-24(34)18-10-14-33(15-11-18)26-28-12-3-13-29-26/h1-9,12-13,16,18H,10-11,14-15H2,(H,31,34)(H,32,35). The van der Waals surface area contributed by atoms with Crippen LogP contribution >= 0.6 is 11.6 Å². The number of carbonyl (C=O) groups excluding carboxylic acids is 2. The van der Waals surface area contributed by atoms with Crippen molar-refractivity contribution in [3.8, 4) is 11.3 Å². The van der Waals surface area contributed by atoms with Crippen LogP contribution in [0.3, 0.4) is 0 Å². The number of piperidine rings is 1. The average Bonchev–Trinajstić information content (AvgIpc) is 2.92. The predicted octanol–water partition coefficient (Wildman–Crippen LogP) is 4.02. The normalized spacial score (nSPS) is 14.0. The van der Waals surface area contributed by atoms with Crippen molar-refractivity contribution in [2.75, 3.05) is 18.0 Å². The van der Waals surface area contributed by atoms with Gasteiger partial charge in [0.15, 0.2) is 0 Å². The summed E-state index contributed by atoms with van der Waals surface area (Å²) < 4.78 is 0. The molecule has 0 aliphatic carbocycles. The third-order valence-electron chi connectivity index (χ3n) is 6.10. The van der Waals surface area contributed by atoms with Crippen molar-refractivity contribution in [2.45, 2.75) is 12.8 Å². The smallest absolute Gasteiger partial charge is 0.270 e. The first-order chi connectivity index (χ1) is 17.1. The highest BCUT2D eigenvalue weighted by Gasteiger charge is 2.26. The van der Waals surface area contributed by atoms with Crippen molar-refractivity contribution in [1.82, 2.24) is 25.8 Å². The molecule has 2 amide bonds. The number of amides is 2. The van der Waals surface area contributed by atoms with Gasteiger partial charge in [-0.2, -0.15) is 0 Å². The number of pyridine rings is 1. The van der Waals surface area contributed by atoms with E-state index >= 15 is 0 Å². The Balaban J connectivity index is 1.27. The van der Waals surface area contributed by atoms with Gasteiger partial charge in [-0.25, -0.2) is 15.0 Å². The molecule has 2 N–H and O–H groups in total. The summed E-state index contributed by atoms with van der Waals surface area (Å²) in [6.07, 6.45) is 4.72. The number of fused-ring (bicyclic) bond motifs is 1. The summed E-state index contributed by atoms with van der Waals surface area (Å²) in [7, 11) is 0. The number of carbonyl (C=O) groups is 2. The van der Waals surface area contributed by atoms with Crippen LogP contribution in [0.25, 0.3) is 22.2 Å². The van der Waals surface area contributed by atoms with Gasteiger partial charge in [-0.3, -0.25) is 20.4 Å². The molecule has 0 saturated carbocycles. The molecule has 1 fully saturated rings. The van der Waals surface area contributed by atoms with Gasteiger partial charge < -0.3 is 4.90 Å². The summed E-state index contributed by atoms with van der Waals surface area (Å²) in [4.78, 5) is 41.2. The summed E-state index contributed by atoms with van der Waals surface area (Å²) in [6, 6.07) is 18.2. The second-order valence-corrected chi connectivity index (χ2v) is 8.77. The first-order valence-corrected chi connectivity index (χ1v) is 11.7. The molecule has 9 heteroatoms. The summed E-state index contributed by atoms with van der Waals surface area (Å²) in [5.74, 6) is -0.139. The Labute approximate surface area is 207 Å². The molecule has 0 bridgehead atoms. The van der Waals surface area contributed by atoms with Crippen LogP contribution in [0, 0.1) is 5.92 Å². The maximum Gasteiger partial charge on any atom is 0.270 e. The predicted molar refractivity (Wildman–Crippen MR) is 135 cm³/mol. The van der Waals surface area contributed by atoms with Crippen molar-refractivity contribution >= 4 is 40.3 Å². The van der Waals surface area contributed by atoms with Crippen LogP contribution in [0.15, 0.2) is 73.1 Å². The van der Waals surface area contributed by atoms with Crippen LogP contribution in [0.4, 0.5) is 5.95 Å². The molecular formula is C26H23ClN6O2. The van der Waals surface area contributed by atoms with E-state index in [0.717, 1.165) is 5.56 Å². The fourth-order valence-corrected chi connectivity index (χ4v) is 4.34. The molecule has 0 spiro atoms. The highest BCUT2D eigenvalue weighted by molar-refractivity contribution is 6.30. The van der Waals surface area contributed by atoms with E-state index in [0.29, 0.717) is 59.1 Å². The molecule has 8 nitrogen and oxygen atoms in total. The van der Waals surface area contributed by atoms with Crippen LogP contribution in [-0.2, 0) is 4.79 Å². The van der Waals surface area contributed by atoms with Gasteiger partial charge in [-0.15, -0.1) is 0 Å². The zero-order valence-corrected chi connectivity index (χ0v) is 19.6. The molecule has 0 radical (unpaired) electrons. The minimum absolute atomic E-state index is 0.200. The van der Waals surface area contributed by atoms with Gasteiger partial charge in [0, 0.05) is 47.4 Å². The zero-order valence-electron chi connectivity index (χ0n) is 18.8. The van der Waals surface area contributed by atoms with Crippen LogP contribution < -0.4 is 15.8 Å². The number of halogens is 1. The lowest BCUT2D eigenvalue weighted by molar-refractivity contribution is -0.126. The largest absolute Gasteiger partial charge is 0.341 e. The third-order valence-corrected chi connectivity index (χ3v) is 6.35. The highest BCUT2D eigenvalue weighted by Crippen LogP contribution is 2.26. The average molecular weight is 487 g/mol. The SMILES string of the molecule is O=C(NNC(=O)C1CCN(c2ncccn2)CC1)c1cc(-c2ccc(Cl)cc2)nc2ccccc12. The van der Waals surface area contributed by atoms with Gasteiger partial charge in [0.05, 0.1) is 16.8 Å². The molecule has 1 saturated heterocycles. The maximum atomic E-state index is 13.1. The summed E-state index contributed by atoms with van der Waals surface area (Å²) in [6.45, 7) is 1.35. The minimum Gasteiger partial charge on any atom is -0.341 e. The number of hydrogen-bond donors (Lipinski definition) is 2. The van der Waals surface area contributed by atoms with Crippen LogP contribution in [0.5, 0.6) is 0 Å². The van der Waals surface area contributed by atoms with E-state index in [-0.39, 0.29) is 11.8 Å². The van der Waals surface area contributed by atoms with E-state index in [1.54, 1.807) is 36.7 Å². The Morgan fingerprint density at radius 1 is 0.914 bits per heavy atom. The molecule has 0 atom stereocenters. The third kappa shape index (κ3) is 5.07. The number of anilines is 1. The monoisotopic (exact) mass is 486 g/mol. The van der Waals surface area contributed by atoms with Gasteiger partial charge in [-0.1, -0.05) is 41.9 Å². The lowest BCUT2D eigenvalue weighted by Crippen LogP contribution is -2.47. The van der Waals surface area contributed by atoms with E-state index in [1.807, 2.05) is 36.4 Å². The van der Waals surface area contributed by atoms with Crippen molar-refractivity contribution in [3.63, 3.8) is 0 Å². The Kier molecular flexibility index (Phi) is 6.54. The maximum absolute atomic E-state index is 13.1. The fourth-order valence-electron chi connectivity index (χ4n) is 4.22. The van der Waals surface area contributed by atoms with Crippen molar-refractivity contribution in [3.05, 3.63) is 83.6 Å². The molecule has 1 aliphatic heterocycles. The Hall–Kier alpha value is -4.04. The van der Waals surface area contributed by atoms with Crippen LogP contribution in [0.1, 0.15) is 23.2 Å². The van der Waals surface area contributed by atoms with Crippen molar-refractivity contribution in [2.24, 2.45) is 5.92 Å². The summed E-state index contributed by atoms with van der Waals surface area (Å²) in [5.41, 5.74) is 7.80. The quantitative estimate of drug-likeness (QED) is 0.422. The topological polar surface area (TPSA) is 100 Å². The zero-order chi connectivity index (χ0) is 24.2. The number of aromatic nitrogens is 3. The second-order valence-electron chi connectivity index (χ2n) is 8.33. The number of benzene rings is 2. The lowest BCUT2D eigenvalue weighted by atomic mass is 9.96. The molecule has 2 aromatic heterocycles. The van der Waals surface area contributed by atoms with Gasteiger partial charge in [0.25, 0.3) is 5.91 Å². The fraction of sp³-hybridized carbons (Fsp3) is 0.192. The Morgan fingerprint density at radius 2 is 1.63 bits per heavy atom. The highest BCUT2D eigenvalue weighted by atomic mass is 35.5. The number of hydrogen-bond acceptors (Lipinski definition) is 6. The van der Waals surface area contributed by atoms with Gasteiger partial charge in [0.2, 0.25) is 11.9 Å². The molecule has 1 aliphatic rings. The van der Waals surface area contributed by atoms with Crippen molar-refractivity contribution < 1.29 is 9.59 Å². The first kappa shape index (κ1) is 22.7. The molecule has 4 aromatic rings. The van der Waals surface area contributed by atoms with Gasteiger partial charge in [0.1, 0.15) is 0 Å². The van der Waals surface area contributed by atoms with E-state index in [9.17, 15) is 9.59 Å². The molecule has 3 heterocycles. The van der Waals surface area contributed by atoms with Gasteiger partial charge >= 0.3 is 0 Å². The molecule has 2 aromatic carbocycles. The Bertz CT molecular complexity index is 1360. The minimum atomic E-state index is -0.401. The first-order valence-electron chi connectivity index (χ1n) is 11.4. The second kappa shape index (κ2) is 10.1. The van der Waals surface area contributed by atoms with Crippen LogP contribution in [-0.4, -0.2) is 39.9 Å².